The third-order valence-corrected chi connectivity index (χ3v) is 4.39. The molecule has 24 heavy (non-hydrogen) atoms. The van der Waals surface area contributed by atoms with Gasteiger partial charge in [0.25, 0.3) is 0 Å². The number of nitrogens with one attached hydrogen (secondary N) is 2. The van der Waals surface area contributed by atoms with Gasteiger partial charge in [-0.3, -0.25) is 4.99 Å². The monoisotopic (exact) mass is 338 g/mol. The molecule has 0 spiro atoms. The van der Waals surface area contributed by atoms with E-state index >= 15 is 0 Å². The van der Waals surface area contributed by atoms with Crippen molar-refractivity contribution in [3.8, 4) is 0 Å². The van der Waals surface area contributed by atoms with Crippen LogP contribution in [0.15, 0.2) is 23.2 Å². The van der Waals surface area contributed by atoms with E-state index in [1.165, 1.54) is 25.1 Å². The van der Waals surface area contributed by atoms with Crippen molar-refractivity contribution in [2.24, 2.45) is 4.99 Å². The van der Waals surface area contributed by atoms with Gasteiger partial charge in [-0.1, -0.05) is 6.92 Å². The summed E-state index contributed by atoms with van der Waals surface area (Å²) in [7, 11) is 1.73. The fourth-order valence-corrected chi connectivity index (χ4v) is 3.06. The van der Waals surface area contributed by atoms with Crippen LogP contribution >= 0.6 is 0 Å². The number of aliphatic imine (C=N–C) groups is 1. The molecule has 1 fully saturated rings. The molecule has 4 nitrogen and oxygen atoms in total. The van der Waals surface area contributed by atoms with E-state index in [9.17, 15) is 8.78 Å². The second-order valence-corrected chi connectivity index (χ2v) is 6.24. The van der Waals surface area contributed by atoms with E-state index in [0.717, 1.165) is 38.0 Å². The van der Waals surface area contributed by atoms with Crippen molar-refractivity contribution in [2.75, 3.05) is 33.2 Å². The number of guanidine groups is 1. The molecule has 0 atom stereocenters. The zero-order valence-electron chi connectivity index (χ0n) is 14.6. The summed E-state index contributed by atoms with van der Waals surface area (Å²) in [4.78, 5) is 6.71. The molecule has 0 amide bonds. The van der Waals surface area contributed by atoms with Crippen molar-refractivity contribution in [1.82, 2.24) is 15.5 Å². The molecule has 0 unspecified atom stereocenters. The number of nitrogens with zero attached hydrogens (tertiary/aromatic N) is 2. The highest BCUT2D eigenvalue weighted by atomic mass is 19.1. The summed E-state index contributed by atoms with van der Waals surface area (Å²) in [5, 5.41) is 6.61. The first-order valence-corrected chi connectivity index (χ1v) is 8.75. The molecule has 1 aromatic rings. The van der Waals surface area contributed by atoms with Crippen molar-refractivity contribution in [2.45, 2.75) is 38.6 Å². The molecular formula is C18H28F2N4. The largest absolute Gasteiger partial charge is 0.356 e. The molecule has 0 bridgehead atoms. The van der Waals surface area contributed by atoms with Gasteiger partial charge in [0.2, 0.25) is 0 Å². The average Bonchev–Trinajstić information content (AvgIpc) is 2.59. The number of benzene rings is 1. The van der Waals surface area contributed by atoms with E-state index in [1.54, 1.807) is 7.05 Å². The highest BCUT2D eigenvalue weighted by Crippen LogP contribution is 2.11. The number of piperidine rings is 1. The zero-order chi connectivity index (χ0) is 17.4. The van der Waals surface area contributed by atoms with E-state index in [1.807, 2.05) is 0 Å². The Kier molecular flexibility index (Phi) is 7.43. The Morgan fingerprint density at radius 2 is 2.04 bits per heavy atom. The molecule has 2 N–H and O–H groups in total. The SMILES string of the molecule is CCCN1CCC(NC(=NC)NCCc2cc(F)ccc2F)CC1. The van der Waals surface area contributed by atoms with Crippen LogP contribution in [0.5, 0.6) is 0 Å². The number of rotatable bonds is 6. The minimum absolute atomic E-state index is 0.371. The fourth-order valence-electron chi connectivity index (χ4n) is 3.06. The van der Waals surface area contributed by atoms with Gasteiger partial charge in [0.1, 0.15) is 11.6 Å². The maximum Gasteiger partial charge on any atom is 0.191 e. The van der Waals surface area contributed by atoms with Crippen LogP contribution in [0.2, 0.25) is 0 Å². The summed E-state index contributed by atoms with van der Waals surface area (Å²) in [6.45, 7) is 6.10. The topological polar surface area (TPSA) is 39.7 Å². The molecule has 1 heterocycles. The second-order valence-electron chi connectivity index (χ2n) is 6.24. The number of hydrogen-bond acceptors (Lipinski definition) is 2. The number of halogens is 2. The summed E-state index contributed by atoms with van der Waals surface area (Å²) in [6, 6.07) is 3.96. The Labute approximate surface area is 143 Å². The molecule has 0 saturated carbocycles. The summed E-state index contributed by atoms with van der Waals surface area (Å²) in [5.74, 6) is -0.0575. The van der Waals surface area contributed by atoms with Crippen molar-refractivity contribution >= 4 is 5.96 Å². The standard InChI is InChI=1S/C18H28F2N4/c1-3-10-24-11-7-16(8-12-24)23-18(21-2)22-9-6-14-13-15(19)4-5-17(14)20/h4-5,13,16H,3,6-12H2,1-2H3,(H2,21,22,23). The highest BCUT2D eigenvalue weighted by molar-refractivity contribution is 5.79. The van der Waals surface area contributed by atoms with E-state index in [4.69, 9.17) is 0 Å². The van der Waals surface area contributed by atoms with Crippen LogP contribution in [0.25, 0.3) is 0 Å². The van der Waals surface area contributed by atoms with Crippen molar-refractivity contribution in [1.29, 1.82) is 0 Å². The molecule has 0 aromatic heterocycles. The van der Waals surface area contributed by atoms with Crippen LogP contribution in [0.1, 0.15) is 31.7 Å². The van der Waals surface area contributed by atoms with Gasteiger partial charge in [-0.15, -0.1) is 0 Å². The maximum absolute atomic E-state index is 13.6. The van der Waals surface area contributed by atoms with Crippen LogP contribution in [-0.4, -0.2) is 50.1 Å². The molecule has 2 rings (SSSR count). The van der Waals surface area contributed by atoms with Crippen molar-refractivity contribution in [3.05, 3.63) is 35.4 Å². The lowest BCUT2D eigenvalue weighted by Gasteiger charge is -2.32. The average molecular weight is 338 g/mol. The van der Waals surface area contributed by atoms with Crippen molar-refractivity contribution < 1.29 is 8.78 Å². The molecular weight excluding hydrogens is 310 g/mol. The molecule has 0 aliphatic carbocycles. The summed E-state index contributed by atoms with van der Waals surface area (Å²) in [6.07, 6.45) is 3.80. The predicted molar refractivity (Wildman–Crippen MR) is 94.3 cm³/mol. The van der Waals surface area contributed by atoms with E-state index in [0.29, 0.717) is 24.6 Å². The Morgan fingerprint density at radius 3 is 2.71 bits per heavy atom. The normalized spacial score (nSPS) is 17.1. The molecule has 1 aliphatic rings. The highest BCUT2D eigenvalue weighted by Gasteiger charge is 2.19. The quantitative estimate of drug-likeness (QED) is 0.619. The van der Waals surface area contributed by atoms with E-state index in [-0.39, 0.29) is 5.82 Å². The number of likely N-dealkylation sites (tertiary alicyclic amines) is 1. The number of hydrogen-bond donors (Lipinski definition) is 2. The van der Waals surface area contributed by atoms with Gasteiger partial charge >= 0.3 is 0 Å². The molecule has 1 aliphatic heterocycles. The maximum atomic E-state index is 13.6. The minimum Gasteiger partial charge on any atom is -0.356 e. The van der Waals surface area contributed by atoms with Crippen LogP contribution in [0, 0.1) is 11.6 Å². The van der Waals surface area contributed by atoms with E-state index in [2.05, 4.69) is 27.4 Å². The lowest BCUT2D eigenvalue weighted by Crippen LogP contribution is -2.49. The van der Waals surface area contributed by atoms with Gasteiger partial charge in [-0.25, -0.2) is 8.78 Å². The second kappa shape index (κ2) is 9.57. The predicted octanol–water partition coefficient (Wildman–Crippen LogP) is 2.55. The first kappa shape index (κ1) is 18.6. The zero-order valence-corrected chi connectivity index (χ0v) is 14.6. The molecule has 1 aromatic carbocycles. The van der Waals surface area contributed by atoms with Gasteiger partial charge < -0.3 is 15.5 Å². The van der Waals surface area contributed by atoms with Crippen LogP contribution in [-0.2, 0) is 6.42 Å². The van der Waals surface area contributed by atoms with Crippen molar-refractivity contribution in [3.63, 3.8) is 0 Å². The molecule has 134 valence electrons. The third-order valence-electron chi connectivity index (χ3n) is 4.39. The Balaban J connectivity index is 1.74. The first-order chi connectivity index (χ1) is 11.6. The molecule has 0 radical (unpaired) electrons. The van der Waals surface area contributed by atoms with Crippen LogP contribution < -0.4 is 10.6 Å². The Morgan fingerprint density at radius 1 is 1.29 bits per heavy atom. The van der Waals surface area contributed by atoms with E-state index < -0.39 is 5.82 Å². The Hall–Kier alpha value is -1.69. The van der Waals surface area contributed by atoms with Crippen LogP contribution in [0.4, 0.5) is 8.78 Å². The molecule has 6 heteroatoms. The van der Waals surface area contributed by atoms with Gasteiger partial charge in [0.15, 0.2) is 5.96 Å². The summed E-state index contributed by atoms with van der Waals surface area (Å²) in [5.41, 5.74) is 0.380. The first-order valence-electron chi connectivity index (χ1n) is 8.75. The third kappa shape index (κ3) is 5.74. The molecule has 1 saturated heterocycles. The van der Waals surface area contributed by atoms with Crippen LogP contribution in [0.3, 0.4) is 0 Å². The lowest BCUT2D eigenvalue weighted by atomic mass is 10.1. The lowest BCUT2D eigenvalue weighted by molar-refractivity contribution is 0.206. The Bertz CT molecular complexity index is 540. The minimum atomic E-state index is -0.409. The van der Waals surface area contributed by atoms with Gasteiger partial charge in [-0.05, 0) is 56.0 Å². The summed E-state index contributed by atoms with van der Waals surface area (Å²) >= 11 is 0. The van der Waals surface area contributed by atoms with Gasteiger partial charge in [0.05, 0.1) is 0 Å². The smallest absolute Gasteiger partial charge is 0.191 e. The summed E-state index contributed by atoms with van der Waals surface area (Å²) < 4.78 is 26.8. The van der Waals surface area contributed by atoms with Gasteiger partial charge in [-0.2, -0.15) is 0 Å². The van der Waals surface area contributed by atoms with Gasteiger partial charge in [0, 0.05) is 32.7 Å². The fraction of sp³-hybridized carbons (Fsp3) is 0.611.